The zero-order valence-electron chi connectivity index (χ0n) is 20.1. The quantitative estimate of drug-likeness (QED) is 0.363. The van der Waals surface area contributed by atoms with E-state index in [-0.39, 0.29) is 0 Å². The van der Waals surface area contributed by atoms with Gasteiger partial charge in [0.05, 0.1) is 6.54 Å². The molecule has 2 aromatic carbocycles. The van der Waals surface area contributed by atoms with Gasteiger partial charge in [0.15, 0.2) is 0 Å². The van der Waals surface area contributed by atoms with Gasteiger partial charge in [0.25, 0.3) is 0 Å². The summed E-state index contributed by atoms with van der Waals surface area (Å²) in [5, 5.41) is 2.65. The third kappa shape index (κ3) is 3.45. The zero-order chi connectivity index (χ0) is 23.3. The van der Waals surface area contributed by atoms with E-state index in [0.717, 1.165) is 48.2 Å². The van der Waals surface area contributed by atoms with Gasteiger partial charge in [0, 0.05) is 40.5 Å². The Bertz CT molecular complexity index is 1450. The number of aliphatic imine (C=N–C) groups is 1. The van der Waals surface area contributed by atoms with E-state index in [1.807, 2.05) is 6.92 Å². The highest BCUT2D eigenvalue weighted by Gasteiger charge is 2.26. The fraction of sp³-hybridized carbons (Fsp3) is 0.258. The second kappa shape index (κ2) is 8.19. The molecule has 0 bridgehead atoms. The van der Waals surface area contributed by atoms with Gasteiger partial charge < -0.3 is 4.57 Å². The maximum absolute atomic E-state index is 4.83. The summed E-state index contributed by atoms with van der Waals surface area (Å²) in [6, 6.07) is 11.4. The number of aryl methyl sites for hydroxylation is 1. The maximum atomic E-state index is 4.83. The molecule has 0 saturated heterocycles. The topological polar surface area (TPSA) is 17.3 Å². The predicted molar refractivity (Wildman–Crippen MR) is 145 cm³/mol. The van der Waals surface area contributed by atoms with E-state index in [9.17, 15) is 0 Å². The first-order valence-corrected chi connectivity index (χ1v) is 11.9. The second-order valence-electron chi connectivity index (χ2n) is 9.42. The third-order valence-electron chi connectivity index (χ3n) is 7.13. The van der Waals surface area contributed by atoms with Gasteiger partial charge in [0.2, 0.25) is 0 Å². The summed E-state index contributed by atoms with van der Waals surface area (Å²) < 4.78 is 2.43. The van der Waals surface area contributed by atoms with Crippen LogP contribution < -0.4 is 0 Å². The van der Waals surface area contributed by atoms with Crippen LogP contribution in [0.25, 0.3) is 33.0 Å². The summed E-state index contributed by atoms with van der Waals surface area (Å²) in [6.45, 7) is 20.9. The Hall–Kier alpha value is -3.39. The largest absolute Gasteiger partial charge is 0.341 e. The van der Waals surface area contributed by atoms with Gasteiger partial charge in [-0.2, -0.15) is 0 Å². The molecule has 2 heteroatoms. The van der Waals surface area contributed by atoms with Crippen molar-refractivity contribution in [1.29, 1.82) is 0 Å². The van der Waals surface area contributed by atoms with Gasteiger partial charge in [-0.1, -0.05) is 49.6 Å². The lowest BCUT2D eigenvalue weighted by atomic mass is 9.88. The van der Waals surface area contributed by atoms with Gasteiger partial charge in [0.1, 0.15) is 0 Å². The average molecular weight is 433 g/mol. The first kappa shape index (κ1) is 21.5. The standard InChI is InChI=1S/C31H32N2/c1-7-33-29-14-12-23(21(5)24-11-9-8-10-20(24)4)16-27(29)31-26-17-28(32-18-19(2)3)22(6)25(26)13-15-30(31)33/h8,10,12-16H,2,5-7,9,11,17-18H2,1,3-4H3/b32-28-. The Morgan fingerprint density at radius 1 is 1.12 bits per heavy atom. The molecule has 166 valence electrons. The number of benzene rings is 2. The van der Waals surface area contributed by atoms with Crippen LogP contribution in [0.4, 0.5) is 0 Å². The molecule has 0 radical (unpaired) electrons. The lowest BCUT2D eigenvalue weighted by Crippen LogP contribution is -1.97. The van der Waals surface area contributed by atoms with Crippen molar-refractivity contribution in [1.82, 2.24) is 4.57 Å². The smallest absolute Gasteiger partial charge is 0.0598 e. The number of hydrogen-bond acceptors (Lipinski definition) is 1. The maximum Gasteiger partial charge on any atom is 0.0598 e. The summed E-state index contributed by atoms with van der Waals surface area (Å²) in [4.78, 5) is 4.83. The zero-order valence-corrected chi connectivity index (χ0v) is 20.1. The highest BCUT2D eigenvalue weighted by Crippen LogP contribution is 2.41. The Kier molecular flexibility index (Phi) is 5.32. The van der Waals surface area contributed by atoms with E-state index in [1.165, 1.54) is 49.6 Å². The SMILES string of the molecule is C=C(C)C/N=C1/Cc2c(ccc3c2c2cc(C(=C)C4=C(C)C=CCC4)ccc2n3CC)C1=C. The number of nitrogens with zero attached hydrogens (tertiary/aromatic N) is 2. The van der Waals surface area contributed by atoms with Crippen LogP contribution in [-0.4, -0.2) is 16.8 Å². The van der Waals surface area contributed by atoms with Gasteiger partial charge in [-0.25, -0.2) is 0 Å². The molecule has 5 rings (SSSR count). The van der Waals surface area contributed by atoms with E-state index in [1.54, 1.807) is 0 Å². The molecule has 1 heterocycles. The predicted octanol–water partition coefficient (Wildman–Crippen LogP) is 8.08. The fourth-order valence-corrected chi connectivity index (χ4v) is 5.42. The number of allylic oxidation sites excluding steroid dienone is 6. The molecule has 0 aliphatic heterocycles. The van der Waals surface area contributed by atoms with Crippen molar-refractivity contribution in [3.63, 3.8) is 0 Å². The van der Waals surface area contributed by atoms with Crippen molar-refractivity contribution in [2.75, 3.05) is 6.54 Å². The van der Waals surface area contributed by atoms with E-state index >= 15 is 0 Å². The summed E-state index contributed by atoms with van der Waals surface area (Å²) in [7, 11) is 0. The fourth-order valence-electron chi connectivity index (χ4n) is 5.42. The first-order valence-electron chi connectivity index (χ1n) is 11.9. The van der Waals surface area contributed by atoms with Crippen LogP contribution in [0.3, 0.4) is 0 Å². The molecule has 1 aromatic heterocycles. The first-order chi connectivity index (χ1) is 15.9. The molecule has 0 fully saturated rings. The molecule has 2 aliphatic rings. The molecule has 3 aromatic rings. The number of rotatable bonds is 5. The van der Waals surface area contributed by atoms with Crippen LogP contribution in [0.5, 0.6) is 0 Å². The van der Waals surface area contributed by atoms with E-state index in [0.29, 0.717) is 6.54 Å². The van der Waals surface area contributed by atoms with Crippen LogP contribution >= 0.6 is 0 Å². The van der Waals surface area contributed by atoms with Crippen molar-refractivity contribution in [2.24, 2.45) is 4.99 Å². The van der Waals surface area contributed by atoms with Crippen molar-refractivity contribution in [3.05, 3.63) is 95.6 Å². The average Bonchev–Trinajstić information content (AvgIpc) is 3.31. The van der Waals surface area contributed by atoms with Crippen molar-refractivity contribution in [2.45, 2.75) is 46.6 Å². The highest BCUT2D eigenvalue weighted by atomic mass is 15.0. The number of hydrogen-bond donors (Lipinski definition) is 0. The summed E-state index contributed by atoms with van der Waals surface area (Å²) >= 11 is 0. The van der Waals surface area contributed by atoms with Crippen molar-refractivity contribution in [3.8, 4) is 0 Å². The molecule has 0 N–H and O–H groups in total. The molecule has 0 spiro atoms. The minimum atomic E-state index is 0.662. The van der Waals surface area contributed by atoms with Gasteiger partial charge in [-0.05, 0) is 90.8 Å². The van der Waals surface area contributed by atoms with Crippen LogP contribution in [-0.2, 0) is 13.0 Å². The van der Waals surface area contributed by atoms with E-state index < -0.39 is 0 Å². The number of aromatic nitrogens is 1. The van der Waals surface area contributed by atoms with E-state index in [4.69, 9.17) is 4.99 Å². The Morgan fingerprint density at radius 2 is 1.91 bits per heavy atom. The summed E-state index contributed by atoms with van der Waals surface area (Å²) in [6.07, 6.45) is 7.48. The Labute approximate surface area is 197 Å². The monoisotopic (exact) mass is 432 g/mol. The lowest BCUT2D eigenvalue weighted by molar-refractivity contribution is 0.827. The summed E-state index contributed by atoms with van der Waals surface area (Å²) in [5.41, 5.74) is 13.5. The molecule has 0 amide bonds. The number of fused-ring (bicyclic) bond motifs is 5. The molecule has 0 unspecified atom stereocenters. The molecule has 0 atom stereocenters. The summed E-state index contributed by atoms with van der Waals surface area (Å²) in [5.74, 6) is 0. The van der Waals surface area contributed by atoms with E-state index in [2.05, 4.69) is 80.6 Å². The minimum absolute atomic E-state index is 0.662. The molecule has 2 aliphatic carbocycles. The Balaban J connectivity index is 1.71. The normalized spacial score (nSPS) is 16.9. The Morgan fingerprint density at radius 3 is 2.64 bits per heavy atom. The minimum Gasteiger partial charge on any atom is -0.341 e. The van der Waals surface area contributed by atoms with Gasteiger partial charge in [-0.15, -0.1) is 0 Å². The van der Waals surface area contributed by atoms with Crippen LogP contribution in [0, 0.1) is 0 Å². The van der Waals surface area contributed by atoms with Gasteiger partial charge >= 0.3 is 0 Å². The second-order valence-corrected chi connectivity index (χ2v) is 9.42. The van der Waals surface area contributed by atoms with Crippen LogP contribution in [0.1, 0.15) is 50.3 Å². The van der Waals surface area contributed by atoms with Crippen LogP contribution in [0.15, 0.2) is 83.9 Å². The lowest BCUT2D eigenvalue weighted by Gasteiger charge is -2.16. The molecule has 2 nitrogen and oxygen atoms in total. The molecular weight excluding hydrogens is 400 g/mol. The third-order valence-corrected chi connectivity index (χ3v) is 7.13. The van der Waals surface area contributed by atoms with Crippen molar-refractivity contribution >= 4 is 38.7 Å². The van der Waals surface area contributed by atoms with Crippen LogP contribution in [0.2, 0.25) is 0 Å². The molecule has 0 saturated carbocycles. The highest BCUT2D eigenvalue weighted by molar-refractivity contribution is 6.30. The molecular formula is C31H32N2. The van der Waals surface area contributed by atoms with Crippen molar-refractivity contribution < 1.29 is 0 Å². The molecule has 33 heavy (non-hydrogen) atoms. The van der Waals surface area contributed by atoms with Gasteiger partial charge in [-0.3, -0.25) is 4.99 Å².